The van der Waals surface area contributed by atoms with Gasteiger partial charge in [-0.1, -0.05) is 0 Å². The van der Waals surface area contributed by atoms with Crippen LogP contribution in [0.4, 0.5) is 0 Å². The molecule has 1 aliphatic rings. The number of hydrogen-bond donors (Lipinski definition) is 4. The van der Waals surface area contributed by atoms with Gasteiger partial charge in [0.25, 0.3) is 0 Å². The van der Waals surface area contributed by atoms with Crippen LogP contribution in [0.1, 0.15) is 0 Å². The molecule has 0 saturated carbocycles. The molecule has 0 amide bonds. The second-order valence-electron chi connectivity index (χ2n) is 3.70. The number of carboxylic acids is 1. The first-order valence-corrected chi connectivity index (χ1v) is 6.61. The van der Waals surface area contributed by atoms with Crippen molar-refractivity contribution in [3.8, 4) is 0 Å². The summed E-state index contributed by atoms with van der Waals surface area (Å²) in [4.78, 5) is 43.8. The molecule has 14 heteroatoms. The normalized spacial score (nSPS) is 24.1. The third kappa shape index (κ3) is 5.51. The van der Waals surface area contributed by atoms with Gasteiger partial charge in [0.2, 0.25) is 0 Å². The van der Waals surface area contributed by atoms with E-state index in [0.717, 1.165) is 0 Å². The fourth-order valence-corrected chi connectivity index (χ4v) is 2.21. The second kappa shape index (κ2) is 9.25. The van der Waals surface area contributed by atoms with Crippen molar-refractivity contribution in [3.63, 3.8) is 0 Å². The zero-order valence-electron chi connectivity index (χ0n) is 10.9. The minimum Gasteiger partial charge on any atom is -0.549 e. The zero-order chi connectivity index (χ0) is 16.3. The first kappa shape index (κ1) is 21.9. The van der Waals surface area contributed by atoms with Crippen LogP contribution in [0.3, 0.4) is 0 Å². The number of aliphatic carboxylic acids is 1. The van der Waals surface area contributed by atoms with Crippen LogP contribution in [0, 0.1) is 0 Å². The Morgan fingerprint density at radius 3 is 1.86 bits per heavy atom. The smallest absolute Gasteiger partial charge is 0.549 e. The van der Waals surface area contributed by atoms with E-state index in [4.69, 9.17) is 20.4 Å². The molecule has 0 bridgehead atoms. The number of carboxylic acid groups (broad SMARTS) is 1. The van der Waals surface area contributed by atoms with Crippen LogP contribution in [-0.2, 0) is 30.5 Å². The maximum absolute atomic E-state index is 11.2. The predicted molar refractivity (Wildman–Crippen MR) is 53.1 cm³/mol. The van der Waals surface area contributed by atoms with Crippen LogP contribution in [0.15, 0.2) is 0 Å². The van der Waals surface area contributed by atoms with E-state index in [1.807, 2.05) is 0 Å². The number of aliphatic hydroxyl groups is 4. The Morgan fingerprint density at radius 2 is 1.50 bits per heavy atom. The van der Waals surface area contributed by atoms with Crippen LogP contribution in [0.2, 0.25) is 0 Å². The summed E-state index contributed by atoms with van der Waals surface area (Å²) in [6.07, 6.45) is -9.72. The van der Waals surface area contributed by atoms with E-state index in [-0.39, 0.29) is 51.4 Å². The summed E-state index contributed by atoms with van der Waals surface area (Å²) in [5.41, 5.74) is 0. The van der Waals surface area contributed by atoms with Crippen molar-refractivity contribution in [3.05, 3.63) is 0 Å². The largest absolute Gasteiger partial charge is 1.20 e. The Bertz CT molecular complexity index is 446. The summed E-state index contributed by atoms with van der Waals surface area (Å²) in [5.74, 6) is -6.99. The quantitative estimate of drug-likeness (QED) is 0.345. The molecular formula is C8H8AlKO12. The summed E-state index contributed by atoms with van der Waals surface area (Å²) in [5, 5.41) is 46.4. The molecule has 0 radical (unpaired) electrons. The molecular weight excluding hydrogens is 354 g/mol. The van der Waals surface area contributed by atoms with E-state index in [2.05, 4.69) is 11.4 Å². The second-order valence-corrected chi connectivity index (χ2v) is 4.98. The van der Waals surface area contributed by atoms with Gasteiger partial charge < -0.3 is 41.7 Å². The first-order valence-electron chi connectivity index (χ1n) is 5.19. The zero-order valence-corrected chi connectivity index (χ0v) is 15.2. The summed E-state index contributed by atoms with van der Waals surface area (Å²) in [6.45, 7) is 0. The van der Waals surface area contributed by atoms with E-state index < -0.39 is 63.4 Å². The van der Waals surface area contributed by atoms with Crippen LogP contribution < -0.4 is 56.5 Å². The van der Waals surface area contributed by atoms with E-state index in [0.29, 0.717) is 0 Å². The Labute approximate surface area is 169 Å². The van der Waals surface area contributed by atoms with Gasteiger partial charge in [-0.3, -0.25) is 14.4 Å². The van der Waals surface area contributed by atoms with Crippen molar-refractivity contribution in [2.75, 3.05) is 0 Å². The summed E-state index contributed by atoms with van der Waals surface area (Å²) in [7, 11) is 0. The number of hydrogen-bond acceptors (Lipinski definition) is 12. The number of carbonyl (C=O) groups excluding carboxylic acids is 4. The molecule has 0 spiro atoms. The van der Waals surface area contributed by atoms with E-state index in [1.165, 1.54) is 0 Å². The molecule has 22 heavy (non-hydrogen) atoms. The van der Waals surface area contributed by atoms with Gasteiger partial charge in [-0.15, -0.1) is 0 Å². The third-order valence-corrected chi connectivity index (χ3v) is 3.48. The third-order valence-electron chi connectivity index (χ3n) is 2.20. The molecule has 116 valence electrons. The summed E-state index contributed by atoms with van der Waals surface area (Å²) >= 11 is -3.90. The Morgan fingerprint density at radius 1 is 1.09 bits per heavy atom. The SMILES string of the molecule is O=C([O-])C(O)C(O)C(=O)[O][Al]1[O]C(=O)C(O)C(O)C(=O)[O]1.[K+]. The van der Waals surface area contributed by atoms with E-state index in [1.54, 1.807) is 0 Å². The number of carbonyl (C=O) groups is 4. The molecule has 1 heterocycles. The maximum Gasteiger partial charge on any atom is 1.20 e. The predicted octanol–water partition coefficient (Wildman–Crippen LogP) is -9.19. The van der Waals surface area contributed by atoms with Crippen molar-refractivity contribution in [2.24, 2.45) is 0 Å². The van der Waals surface area contributed by atoms with Gasteiger partial charge in [0.05, 0.1) is 5.97 Å². The molecule has 0 aromatic carbocycles. The van der Waals surface area contributed by atoms with Gasteiger partial charge in [-0.05, 0) is 0 Å². The van der Waals surface area contributed by atoms with E-state index in [9.17, 15) is 24.3 Å². The van der Waals surface area contributed by atoms with Crippen molar-refractivity contribution in [1.82, 2.24) is 0 Å². The maximum atomic E-state index is 11.2. The first-order chi connectivity index (χ1) is 9.65. The van der Waals surface area contributed by atoms with Crippen LogP contribution in [-0.4, -0.2) is 83.9 Å². The molecule has 0 aromatic heterocycles. The number of rotatable bonds is 4. The van der Waals surface area contributed by atoms with Crippen LogP contribution in [0.5, 0.6) is 0 Å². The molecule has 4 unspecified atom stereocenters. The summed E-state index contributed by atoms with van der Waals surface area (Å²) in [6, 6.07) is 0. The van der Waals surface area contributed by atoms with Crippen LogP contribution >= 0.6 is 0 Å². The van der Waals surface area contributed by atoms with Crippen molar-refractivity contribution in [1.29, 1.82) is 0 Å². The average Bonchev–Trinajstić information content (AvgIpc) is 2.50. The summed E-state index contributed by atoms with van der Waals surface area (Å²) < 4.78 is 12.8. The van der Waals surface area contributed by atoms with Crippen molar-refractivity contribution in [2.45, 2.75) is 24.4 Å². The molecule has 4 N–H and O–H groups in total. The standard InChI is InChI=1S/2C4H6O6.Al.K/c2*5-1(3(7)8)2(6)4(9)10;;/h2*1-2,5-6H,(H,7,8)(H,9,10);;/q;;+3;+1/p-4. The molecule has 4 atom stereocenters. The van der Waals surface area contributed by atoms with E-state index >= 15 is 0 Å². The molecule has 1 rings (SSSR count). The molecule has 12 nitrogen and oxygen atoms in total. The van der Waals surface area contributed by atoms with Gasteiger partial charge in [0.15, 0.2) is 18.3 Å². The fourth-order valence-electron chi connectivity index (χ4n) is 1.08. The van der Waals surface area contributed by atoms with Gasteiger partial charge in [0, 0.05) is 0 Å². The monoisotopic (exact) mass is 362 g/mol. The van der Waals surface area contributed by atoms with Gasteiger partial charge >= 0.3 is 84.4 Å². The molecule has 1 fully saturated rings. The van der Waals surface area contributed by atoms with Crippen LogP contribution in [0.25, 0.3) is 0 Å². The minimum absolute atomic E-state index is 0. The molecule has 1 aliphatic heterocycles. The molecule has 0 aromatic rings. The van der Waals surface area contributed by atoms with Crippen molar-refractivity contribution < 1.29 is 107 Å². The van der Waals surface area contributed by atoms with Gasteiger partial charge in [-0.25, -0.2) is 0 Å². The topological polar surface area (TPSA) is 200 Å². The molecule has 0 aliphatic carbocycles. The van der Waals surface area contributed by atoms with Crippen molar-refractivity contribution >= 4 is 39.0 Å². The fraction of sp³-hybridized carbons (Fsp3) is 0.500. The molecule has 1 saturated heterocycles. The Kier molecular flexibility index (Phi) is 9.20. The van der Waals surface area contributed by atoms with Gasteiger partial charge in [0.1, 0.15) is 6.10 Å². The minimum atomic E-state index is -3.90. The van der Waals surface area contributed by atoms with Gasteiger partial charge in [-0.2, -0.15) is 0 Å². The Balaban J connectivity index is 0.00000441. The number of aliphatic hydroxyl groups excluding tert-OH is 4. The average molecular weight is 362 g/mol. The Hall–Kier alpha value is -0.111.